The van der Waals surface area contributed by atoms with Crippen LogP contribution in [-0.2, 0) is 14.3 Å². The van der Waals surface area contributed by atoms with Crippen LogP contribution in [0.15, 0.2) is 12.2 Å². The van der Waals surface area contributed by atoms with Crippen LogP contribution in [0.3, 0.4) is 0 Å². The number of hydrogen-bond acceptors (Lipinski definition) is 4. The van der Waals surface area contributed by atoms with E-state index in [1.807, 2.05) is 0 Å². The van der Waals surface area contributed by atoms with Gasteiger partial charge in [0.2, 0.25) is 0 Å². The topological polar surface area (TPSA) is 59.1 Å². The maximum absolute atomic E-state index is 11.0. The van der Waals surface area contributed by atoms with Crippen LogP contribution in [-0.4, -0.2) is 36.5 Å². The maximum Gasteiger partial charge on any atom is 0.305 e. The molecule has 0 saturated carbocycles. The van der Waals surface area contributed by atoms with Gasteiger partial charge in [-0.05, 0) is 25.7 Å². The number of hydrogen-bond donors (Lipinski definition) is 1. The minimum atomic E-state index is -0.338. The van der Waals surface area contributed by atoms with Gasteiger partial charge in [0, 0.05) is 6.42 Å². The molecule has 1 aliphatic heterocycles. The number of methoxy groups -OCH3 is 1. The normalized spacial score (nSPS) is 21.5. The molecule has 0 spiro atoms. The lowest BCUT2D eigenvalue weighted by Crippen LogP contribution is -2.16. The molecule has 1 N–H and O–H groups in total. The zero-order valence-electron chi connectivity index (χ0n) is 14.8. The van der Waals surface area contributed by atoms with Gasteiger partial charge >= 0.3 is 5.97 Å². The van der Waals surface area contributed by atoms with E-state index in [9.17, 15) is 9.90 Å². The number of carbonyl (C=O) groups excluding carboxylic acids is 1. The number of ether oxygens (including phenoxy) is 2. The first kappa shape index (κ1) is 20.2. The van der Waals surface area contributed by atoms with Crippen LogP contribution in [0.4, 0.5) is 0 Å². The van der Waals surface area contributed by atoms with Gasteiger partial charge in [0.25, 0.3) is 0 Å². The van der Waals surface area contributed by atoms with Crippen LogP contribution in [0.2, 0.25) is 0 Å². The summed E-state index contributed by atoms with van der Waals surface area (Å²) in [7, 11) is 1.43. The van der Waals surface area contributed by atoms with Crippen molar-refractivity contribution in [1.29, 1.82) is 0 Å². The Morgan fingerprint density at radius 1 is 1.17 bits per heavy atom. The molecular formula is C19H34O4. The smallest absolute Gasteiger partial charge is 0.305 e. The molecule has 4 nitrogen and oxygen atoms in total. The number of unbranched alkanes of at least 4 members (excludes halogenated alkanes) is 7. The fourth-order valence-corrected chi connectivity index (χ4v) is 2.76. The first-order valence-corrected chi connectivity index (χ1v) is 9.26. The minimum absolute atomic E-state index is 0.0109. The summed E-state index contributed by atoms with van der Waals surface area (Å²) in [5.41, 5.74) is 0. The highest BCUT2D eigenvalue weighted by atomic mass is 16.6. The second-order valence-corrected chi connectivity index (χ2v) is 6.44. The van der Waals surface area contributed by atoms with E-state index < -0.39 is 0 Å². The first-order valence-electron chi connectivity index (χ1n) is 9.26. The third-order valence-electron chi connectivity index (χ3n) is 4.35. The highest BCUT2D eigenvalue weighted by Gasteiger charge is 2.41. The van der Waals surface area contributed by atoms with Crippen molar-refractivity contribution in [3.63, 3.8) is 0 Å². The van der Waals surface area contributed by atoms with Crippen molar-refractivity contribution in [3.05, 3.63) is 12.2 Å². The molecule has 0 radical (unpaired) electrons. The Morgan fingerprint density at radius 2 is 1.91 bits per heavy atom. The van der Waals surface area contributed by atoms with Crippen molar-refractivity contribution in [3.8, 4) is 0 Å². The van der Waals surface area contributed by atoms with Gasteiger partial charge in [0.1, 0.15) is 12.2 Å². The molecule has 0 aromatic carbocycles. The second kappa shape index (κ2) is 12.5. The van der Waals surface area contributed by atoms with Crippen LogP contribution in [0.1, 0.15) is 77.6 Å². The van der Waals surface area contributed by atoms with E-state index in [0.717, 1.165) is 44.9 Å². The van der Waals surface area contributed by atoms with E-state index in [4.69, 9.17) is 4.74 Å². The third-order valence-corrected chi connectivity index (χ3v) is 4.35. The Kier molecular flexibility index (Phi) is 11.0. The molecule has 23 heavy (non-hydrogen) atoms. The average Bonchev–Trinajstić information content (AvgIpc) is 3.33. The Bertz CT molecular complexity index is 340. The number of epoxide rings is 1. The van der Waals surface area contributed by atoms with Gasteiger partial charge in [-0.1, -0.05) is 57.6 Å². The first-order chi connectivity index (χ1) is 11.2. The van der Waals surface area contributed by atoms with Crippen molar-refractivity contribution >= 4 is 5.97 Å². The SMILES string of the molecule is CCCCC/C=C\[C@H]1O[C@@H]1[C@@H](O)CCCCCCCC(=O)OC. The van der Waals surface area contributed by atoms with Gasteiger partial charge in [-0.3, -0.25) is 4.79 Å². The Balaban J connectivity index is 1.93. The third kappa shape index (κ3) is 9.77. The lowest BCUT2D eigenvalue weighted by atomic mass is 10.0. The molecule has 1 rings (SSSR count). The van der Waals surface area contributed by atoms with E-state index in [1.165, 1.54) is 26.4 Å². The summed E-state index contributed by atoms with van der Waals surface area (Å²) in [6, 6.07) is 0. The average molecular weight is 326 g/mol. The molecular weight excluding hydrogens is 292 g/mol. The number of allylic oxidation sites excluding steroid dienone is 1. The zero-order chi connectivity index (χ0) is 16.9. The van der Waals surface area contributed by atoms with Gasteiger partial charge in [0.15, 0.2) is 0 Å². The predicted octanol–water partition coefficient (Wildman–Crippen LogP) is 4.15. The number of esters is 1. The number of aliphatic hydroxyl groups is 1. The predicted molar refractivity (Wildman–Crippen MR) is 92.3 cm³/mol. The van der Waals surface area contributed by atoms with E-state index in [2.05, 4.69) is 23.8 Å². The molecule has 0 unspecified atom stereocenters. The summed E-state index contributed by atoms with van der Waals surface area (Å²) in [5, 5.41) is 10.1. The van der Waals surface area contributed by atoms with Crippen molar-refractivity contribution < 1.29 is 19.4 Å². The van der Waals surface area contributed by atoms with Gasteiger partial charge in [-0.25, -0.2) is 0 Å². The summed E-state index contributed by atoms with van der Waals surface area (Å²) in [6.07, 6.45) is 15.5. The van der Waals surface area contributed by atoms with Crippen molar-refractivity contribution in [1.82, 2.24) is 0 Å². The van der Waals surface area contributed by atoms with Gasteiger partial charge in [-0.2, -0.15) is 0 Å². The molecule has 0 amide bonds. The standard InChI is InChI=1S/C19H34O4/c1-3-4-5-7-11-14-17-19(23-17)16(20)13-10-8-6-9-12-15-18(21)22-2/h11,14,16-17,19-20H,3-10,12-13,15H2,1-2H3/b14-11-/t16-,17+,19+/m0/s1. The van der Waals surface area contributed by atoms with Crippen LogP contribution >= 0.6 is 0 Å². The van der Waals surface area contributed by atoms with Gasteiger partial charge in [0.05, 0.1) is 13.2 Å². The van der Waals surface area contributed by atoms with Crippen LogP contribution in [0, 0.1) is 0 Å². The molecule has 3 atom stereocenters. The monoisotopic (exact) mass is 326 g/mol. The highest BCUT2D eigenvalue weighted by Crippen LogP contribution is 2.29. The highest BCUT2D eigenvalue weighted by molar-refractivity contribution is 5.68. The van der Waals surface area contributed by atoms with E-state index in [-0.39, 0.29) is 24.3 Å². The molecule has 0 aromatic rings. The lowest BCUT2D eigenvalue weighted by Gasteiger charge is -2.07. The van der Waals surface area contributed by atoms with E-state index in [0.29, 0.717) is 6.42 Å². The molecule has 4 heteroatoms. The van der Waals surface area contributed by atoms with Gasteiger partial charge < -0.3 is 14.6 Å². The molecule has 1 saturated heterocycles. The Labute approximate surface area is 141 Å². The summed E-state index contributed by atoms with van der Waals surface area (Å²) >= 11 is 0. The largest absolute Gasteiger partial charge is 0.469 e. The van der Waals surface area contributed by atoms with E-state index in [1.54, 1.807) is 0 Å². The second-order valence-electron chi connectivity index (χ2n) is 6.44. The van der Waals surface area contributed by atoms with Crippen LogP contribution in [0.25, 0.3) is 0 Å². The quantitative estimate of drug-likeness (QED) is 0.225. The fraction of sp³-hybridized carbons (Fsp3) is 0.842. The van der Waals surface area contributed by atoms with Crippen LogP contribution in [0.5, 0.6) is 0 Å². The number of aliphatic hydroxyl groups excluding tert-OH is 1. The van der Waals surface area contributed by atoms with Crippen molar-refractivity contribution in [2.24, 2.45) is 0 Å². The van der Waals surface area contributed by atoms with E-state index >= 15 is 0 Å². The summed E-state index contributed by atoms with van der Waals surface area (Å²) < 4.78 is 10.1. The summed E-state index contributed by atoms with van der Waals surface area (Å²) in [5.74, 6) is -0.125. The fourth-order valence-electron chi connectivity index (χ4n) is 2.76. The molecule has 1 fully saturated rings. The number of rotatable bonds is 14. The molecule has 1 heterocycles. The molecule has 0 bridgehead atoms. The minimum Gasteiger partial charge on any atom is -0.469 e. The molecule has 0 aliphatic carbocycles. The van der Waals surface area contributed by atoms with Crippen molar-refractivity contribution in [2.45, 2.75) is 95.9 Å². The van der Waals surface area contributed by atoms with Crippen LogP contribution < -0.4 is 0 Å². The number of carbonyl (C=O) groups is 1. The molecule has 0 aromatic heterocycles. The lowest BCUT2D eigenvalue weighted by molar-refractivity contribution is -0.140. The molecule has 1 aliphatic rings. The summed E-state index contributed by atoms with van der Waals surface area (Å²) in [6.45, 7) is 2.21. The molecule has 134 valence electrons. The maximum atomic E-state index is 11.0. The Morgan fingerprint density at radius 3 is 2.65 bits per heavy atom. The van der Waals surface area contributed by atoms with Crippen molar-refractivity contribution in [2.75, 3.05) is 7.11 Å². The van der Waals surface area contributed by atoms with Gasteiger partial charge in [-0.15, -0.1) is 0 Å². The summed E-state index contributed by atoms with van der Waals surface area (Å²) in [4.78, 5) is 11.0. The Hall–Kier alpha value is -0.870. The zero-order valence-corrected chi connectivity index (χ0v) is 14.8.